The molecule has 0 aromatic carbocycles. The zero-order chi connectivity index (χ0) is 15.3. The minimum Gasteiger partial charge on any atom is -0.349 e. The van der Waals surface area contributed by atoms with E-state index in [9.17, 15) is 0 Å². The normalized spacial score (nSPS) is 27.8. The second kappa shape index (κ2) is 5.32. The van der Waals surface area contributed by atoms with Crippen molar-refractivity contribution >= 4 is 28.6 Å². The van der Waals surface area contributed by atoms with Crippen LogP contribution in [0, 0.1) is 0 Å². The van der Waals surface area contributed by atoms with E-state index < -0.39 is 0 Å². The summed E-state index contributed by atoms with van der Waals surface area (Å²) < 4.78 is 0. The average Bonchev–Trinajstić information content (AvgIpc) is 2.76. The first kappa shape index (κ1) is 14.2. The molecule has 2 aromatic heterocycles. The fourth-order valence-electron chi connectivity index (χ4n) is 3.94. The molecule has 0 saturated carbocycles. The van der Waals surface area contributed by atoms with E-state index in [-0.39, 0.29) is 0 Å². The standard InChI is InChI=1S/C16H20ClN5/c1-21(2)12-7-10-3-4-11(8-12)22(10)15-9-18-16-13(19-15)5-6-14(17)20-16/h5-6,9-12H,3-4,7-8H2,1-2H3/t10-,11+,12-. The SMILES string of the molecule is CN(C)[C@@H]1C[C@H]2CC[C@@H](C1)N2c1cnc2nc(Cl)ccc2n1. The van der Waals surface area contributed by atoms with Gasteiger partial charge in [-0.15, -0.1) is 0 Å². The highest BCUT2D eigenvalue weighted by molar-refractivity contribution is 6.29. The molecule has 4 heterocycles. The molecule has 0 amide bonds. The molecule has 0 spiro atoms. The highest BCUT2D eigenvalue weighted by Gasteiger charge is 2.42. The minimum atomic E-state index is 0.460. The Bertz CT molecular complexity index is 690. The molecular formula is C16H20ClN5. The van der Waals surface area contributed by atoms with Gasteiger partial charge < -0.3 is 9.80 Å². The number of anilines is 1. The third-order valence-corrected chi connectivity index (χ3v) is 5.27. The highest BCUT2D eigenvalue weighted by atomic mass is 35.5. The Labute approximate surface area is 135 Å². The molecule has 0 radical (unpaired) electrons. The number of hydrogen-bond acceptors (Lipinski definition) is 5. The fraction of sp³-hybridized carbons (Fsp3) is 0.562. The van der Waals surface area contributed by atoms with E-state index in [0.717, 1.165) is 11.3 Å². The summed E-state index contributed by atoms with van der Waals surface area (Å²) >= 11 is 5.92. The highest BCUT2D eigenvalue weighted by Crippen LogP contribution is 2.39. The Kier molecular flexibility index (Phi) is 3.42. The molecule has 0 unspecified atom stereocenters. The molecule has 2 saturated heterocycles. The van der Waals surface area contributed by atoms with Crippen molar-refractivity contribution in [1.29, 1.82) is 0 Å². The molecule has 2 aliphatic rings. The van der Waals surface area contributed by atoms with Crippen LogP contribution in [0.1, 0.15) is 25.7 Å². The summed E-state index contributed by atoms with van der Waals surface area (Å²) in [6.45, 7) is 0. The van der Waals surface area contributed by atoms with E-state index in [1.165, 1.54) is 25.7 Å². The Hall–Kier alpha value is -1.46. The van der Waals surface area contributed by atoms with Crippen molar-refractivity contribution in [1.82, 2.24) is 19.9 Å². The molecule has 2 aromatic rings. The first-order valence-corrected chi connectivity index (χ1v) is 8.23. The first-order chi connectivity index (χ1) is 10.6. The quantitative estimate of drug-likeness (QED) is 0.797. The van der Waals surface area contributed by atoms with Gasteiger partial charge in [-0.1, -0.05) is 11.6 Å². The van der Waals surface area contributed by atoms with Crippen molar-refractivity contribution in [2.24, 2.45) is 0 Å². The number of rotatable bonds is 2. The Morgan fingerprint density at radius 1 is 1.14 bits per heavy atom. The van der Waals surface area contributed by atoms with Crippen LogP contribution in [0.15, 0.2) is 18.3 Å². The lowest BCUT2D eigenvalue weighted by molar-refractivity contribution is 0.221. The van der Waals surface area contributed by atoms with Gasteiger partial charge >= 0.3 is 0 Å². The number of nitrogens with zero attached hydrogens (tertiary/aromatic N) is 5. The van der Waals surface area contributed by atoms with Crippen LogP contribution in [0.25, 0.3) is 11.2 Å². The number of pyridine rings is 1. The van der Waals surface area contributed by atoms with Gasteiger partial charge in [0.25, 0.3) is 0 Å². The maximum absolute atomic E-state index is 5.92. The smallest absolute Gasteiger partial charge is 0.179 e. The summed E-state index contributed by atoms with van der Waals surface area (Å²) in [6, 6.07) is 5.52. The summed E-state index contributed by atoms with van der Waals surface area (Å²) in [5.74, 6) is 0.987. The van der Waals surface area contributed by atoms with Crippen molar-refractivity contribution in [2.45, 2.75) is 43.8 Å². The van der Waals surface area contributed by atoms with Gasteiger partial charge in [0.2, 0.25) is 0 Å². The van der Waals surface area contributed by atoms with Gasteiger partial charge in [0.1, 0.15) is 16.5 Å². The Morgan fingerprint density at radius 3 is 2.55 bits per heavy atom. The molecule has 0 N–H and O–H groups in total. The third kappa shape index (κ3) is 2.32. The summed E-state index contributed by atoms with van der Waals surface area (Å²) in [6.07, 6.45) is 6.79. The number of fused-ring (bicyclic) bond motifs is 3. The van der Waals surface area contributed by atoms with Crippen LogP contribution >= 0.6 is 11.6 Å². The number of halogens is 1. The summed E-state index contributed by atoms with van der Waals surface area (Å²) in [5.41, 5.74) is 1.43. The van der Waals surface area contributed by atoms with Gasteiger partial charge in [-0.2, -0.15) is 0 Å². The fourth-order valence-corrected chi connectivity index (χ4v) is 4.08. The monoisotopic (exact) mass is 317 g/mol. The van der Waals surface area contributed by atoms with Crippen LogP contribution < -0.4 is 4.90 Å². The van der Waals surface area contributed by atoms with Gasteiger partial charge in [0.15, 0.2) is 5.65 Å². The van der Waals surface area contributed by atoms with E-state index >= 15 is 0 Å². The zero-order valence-electron chi connectivity index (χ0n) is 12.9. The number of piperidine rings is 1. The predicted molar refractivity (Wildman–Crippen MR) is 88.3 cm³/mol. The van der Waals surface area contributed by atoms with Crippen molar-refractivity contribution in [3.63, 3.8) is 0 Å². The van der Waals surface area contributed by atoms with E-state index in [4.69, 9.17) is 16.6 Å². The molecule has 3 atom stereocenters. The van der Waals surface area contributed by atoms with Crippen molar-refractivity contribution in [2.75, 3.05) is 19.0 Å². The third-order valence-electron chi connectivity index (χ3n) is 5.06. The van der Waals surface area contributed by atoms with Crippen LogP contribution in [0.3, 0.4) is 0 Å². The van der Waals surface area contributed by atoms with Gasteiger partial charge in [0, 0.05) is 18.1 Å². The summed E-state index contributed by atoms with van der Waals surface area (Å²) in [7, 11) is 4.37. The van der Waals surface area contributed by atoms with E-state index in [1.807, 2.05) is 12.3 Å². The van der Waals surface area contributed by atoms with E-state index in [2.05, 4.69) is 33.9 Å². The molecule has 2 aliphatic heterocycles. The summed E-state index contributed by atoms with van der Waals surface area (Å²) in [5, 5.41) is 0.460. The topological polar surface area (TPSA) is 45.2 Å². The van der Waals surface area contributed by atoms with Gasteiger partial charge in [-0.05, 0) is 51.9 Å². The number of hydrogen-bond donors (Lipinski definition) is 0. The lowest BCUT2D eigenvalue weighted by Crippen LogP contribution is -2.49. The number of aromatic nitrogens is 3. The van der Waals surface area contributed by atoms with Crippen molar-refractivity contribution in [3.8, 4) is 0 Å². The van der Waals surface area contributed by atoms with Crippen molar-refractivity contribution < 1.29 is 0 Å². The molecule has 116 valence electrons. The lowest BCUT2D eigenvalue weighted by Gasteiger charge is -2.41. The van der Waals surface area contributed by atoms with Gasteiger partial charge in [-0.25, -0.2) is 15.0 Å². The first-order valence-electron chi connectivity index (χ1n) is 7.86. The second-order valence-electron chi connectivity index (χ2n) is 6.59. The molecular weight excluding hydrogens is 298 g/mol. The molecule has 2 bridgehead atoms. The molecule has 2 fully saturated rings. The average molecular weight is 318 g/mol. The maximum atomic E-state index is 5.92. The van der Waals surface area contributed by atoms with Crippen LogP contribution in [0.5, 0.6) is 0 Å². The molecule has 6 heteroatoms. The van der Waals surface area contributed by atoms with Gasteiger partial charge in [0.05, 0.1) is 6.20 Å². The van der Waals surface area contributed by atoms with E-state index in [0.29, 0.717) is 28.9 Å². The molecule has 5 nitrogen and oxygen atoms in total. The minimum absolute atomic E-state index is 0.460. The second-order valence-corrected chi connectivity index (χ2v) is 6.97. The van der Waals surface area contributed by atoms with Gasteiger partial charge in [-0.3, -0.25) is 0 Å². The predicted octanol–water partition coefficient (Wildman–Crippen LogP) is 2.74. The zero-order valence-corrected chi connectivity index (χ0v) is 13.7. The van der Waals surface area contributed by atoms with Crippen molar-refractivity contribution in [3.05, 3.63) is 23.5 Å². The molecule has 22 heavy (non-hydrogen) atoms. The Morgan fingerprint density at radius 2 is 1.86 bits per heavy atom. The van der Waals surface area contributed by atoms with Crippen LogP contribution in [-0.2, 0) is 0 Å². The summed E-state index contributed by atoms with van der Waals surface area (Å²) in [4.78, 5) is 18.3. The largest absolute Gasteiger partial charge is 0.349 e. The maximum Gasteiger partial charge on any atom is 0.179 e. The lowest BCUT2D eigenvalue weighted by atomic mass is 9.96. The van der Waals surface area contributed by atoms with Crippen LogP contribution in [-0.4, -0.2) is 52.1 Å². The van der Waals surface area contributed by atoms with Crippen LogP contribution in [0.2, 0.25) is 5.15 Å². The molecule has 0 aliphatic carbocycles. The Balaban J connectivity index is 1.66. The molecule has 4 rings (SSSR count). The van der Waals surface area contributed by atoms with Crippen LogP contribution in [0.4, 0.5) is 5.82 Å². The van der Waals surface area contributed by atoms with E-state index in [1.54, 1.807) is 6.07 Å².